The molecule has 0 spiro atoms. The highest BCUT2D eigenvalue weighted by Gasteiger charge is 2.31. The number of rotatable bonds is 20. The molecule has 0 bridgehead atoms. The number of hydrogen-bond donors (Lipinski definition) is 2. The molecule has 0 saturated heterocycles. The van der Waals surface area contributed by atoms with E-state index in [1.807, 2.05) is 13.8 Å². The molecule has 0 heterocycles. The third-order valence-corrected chi connectivity index (χ3v) is 6.23. The third kappa shape index (κ3) is 16.3. The molecular weight excluding hydrogens is 525 g/mol. The standard InChI is InChI=1S/C23H44N3O11P/c1-6-12-32-22(29)34-14-8-10-16-36-38(31,25-21(24)26(5)19(18(3)4)20(27)28)37-17-11-9-15-35-23(30)33-13-7-2/h18-19H,6-17H2,1-5H3,(H,27,28)(H2,24,25,31). The van der Waals surface area contributed by atoms with Crippen molar-refractivity contribution in [2.24, 2.45) is 16.4 Å². The first kappa shape index (κ1) is 35.4. The first-order valence-electron chi connectivity index (χ1n) is 12.8. The molecule has 1 unspecified atom stereocenters. The molecule has 0 aromatic carbocycles. The lowest BCUT2D eigenvalue weighted by atomic mass is 10.0. The van der Waals surface area contributed by atoms with Crippen LogP contribution in [-0.4, -0.2) is 87.0 Å². The largest absolute Gasteiger partial charge is 0.508 e. The summed E-state index contributed by atoms with van der Waals surface area (Å²) in [6.45, 7) is 7.73. The van der Waals surface area contributed by atoms with Gasteiger partial charge in [-0.2, -0.15) is 0 Å². The Morgan fingerprint density at radius 1 is 0.816 bits per heavy atom. The Kier molecular flexibility index (Phi) is 19.0. The highest BCUT2D eigenvalue weighted by Crippen LogP contribution is 2.50. The average molecular weight is 570 g/mol. The Morgan fingerprint density at radius 3 is 1.58 bits per heavy atom. The maximum atomic E-state index is 13.3. The van der Waals surface area contributed by atoms with Crippen LogP contribution >= 0.6 is 7.75 Å². The Morgan fingerprint density at radius 2 is 1.21 bits per heavy atom. The monoisotopic (exact) mass is 569 g/mol. The minimum Gasteiger partial charge on any atom is -0.480 e. The van der Waals surface area contributed by atoms with Crippen LogP contribution in [-0.2, 0) is 37.4 Å². The van der Waals surface area contributed by atoms with Crippen molar-refractivity contribution in [3.8, 4) is 0 Å². The van der Waals surface area contributed by atoms with E-state index in [1.165, 1.54) is 11.9 Å². The van der Waals surface area contributed by atoms with Crippen LogP contribution in [0, 0.1) is 5.92 Å². The van der Waals surface area contributed by atoms with Gasteiger partial charge in [-0.25, -0.2) is 18.9 Å². The first-order chi connectivity index (χ1) is 18.0. The van der Waals surface area contributed by atoms with E-state index in [2.05, 4.69) is 4.76 Å². The van der Waals surface area contributed by atoms with Crippen LogP contribution in [0.25, 0.3) is 0 Å². The topological polar surface area (TPSA) is 186 Å². The van der Waals surface area contributed by atoms with Crippen molar-refractivity contribution in [1.29, 1.82) is 0 Å². The molecule has 0 aliphatic rings. The SMILES string of the molecule is CCCOC(=O)OCCCCOP(=O)(N=C(N)N(C)C(C(=O)O)C(C)C)OCCCCOC(=O)OCCC. The molecule has 14 nitrogen and oxygen atoms in total. The second-order valence-electron chi connectivity index (χ2n) is 8.54. The number of carbonyl (C=O) groups is 3. The van der Waals surface area contributed by atoms with Gasteiger partial charge in [-0.05, 0) is 44.4 Å². The molecule has 1 atom stereocenters. The van der Waals surface area contributed by atoms with E-state index in [-0.39, 0.29) is 51.5 Å². The number of ether oxygens (including phenoxy) is 4. The summed E-state index contributed by atoms with van der Waals surface area (Å²) in [6.07, 6.45) is 1.36. The summed E-state index contributed by atoms with van der Waals surface area (Å²) in [5.74, 6) is -1.76. The van der Waals surface area contributed by atoms with Crippen LogP contribution in [0.4, 0.5) is 9.59 Å². The van der Waals surface area contributed by atoms with Crippen LogP contribution in [0.15, 0.2) is 4.76 Å². The molecule has 0 aromatic rings. The fourth-order valence-corrected chi connectivity index (χ4v) is 4.17. The number of carboxylic acid groups (broad SMARTS) is 1. The molecule has 0 saturated carbocycles. The van der Waals surface area contributed by atoms with Gasteiger partial charge in [-0.1, -0.05) is 27.7 Å². The van der Waals surface area contributed by atoms with Gasteiger partial charge in [0, 0.05) is 7.05 Å². The second kappa shape index (κ2) is 20.4. The predicted molar refractivity (Wildman–Crippen MR) is 139 cm³/mol. The number of likely N-dealkylation sites (N-methyl/N-ethyl adjacent to an activating group) is 1. The maximum Gasteiger partial charge on any atom is 0.508 e. The smallest absolute Gasteiger partial charge is 0.480 e. The summed E-state index contributed by atoms with van der Waals surface area (Å²) >= 11 is 0. The number of nitrogens with two attached hydrogens (primary N) is 1. The number of carboxylic acids is 1. The normalized spacial score (nSPS) is 12.6. The molecule has 222 valence electrons. The van der Waals surface area contributed by atoms with Gasteiger partial charge < -0.3 is 34.7 Å². The zero-order valence-corrected chi connectivity index (χ0v) is 24.0. The highest BCUT2D eigenvalue weighted by molar-refractivity contribution is 7.52. The van der Waals surface area contributed by atoms with Gasteiger partial charge in [0.05, 0.1) is 39.6 Å². The Hall–Kier alpha value is -2.57. The summed E-state index contributed by atoms with van der Waals surface area (Å²) in [7, 11) is -2.71. The Bertz CT molecular complexity index is 744. The predicted octanol–water partition coefficient (Wildman–Crippen LogP) is 4.17. The van der Waals surface area contributed by atoms with E-state index >= 15 is 0 Å². The fourth-order valence-electron chi connectivity index (χ4n) is 2.86. The van der Waals surface area contributed by atoms with Gasteiger partial charge >= 0.3 is 26.0 Å². The van der Waals surface area contributed by atoms with Crippen molar-refractivity contribution >= 4 is 32.0 Å². The summed E-state index contributed by atoms with van der Waals surface area (Å²) in [5.41, 5.74) is 5.97. The highest BCUT2D eigenvalue weighted by atomic mass is 31.2. The molecule has 15 heteroatoms. The number of nitrogens with zero attached hydrogens (tertiary/aromatic N) is 2. The summed E-state index contributed by atoms with van der Waals surface area (Å²) in [4.78, 5) is 35.5. The lowest BCUT2D eigenvalue weighted by molar-refractivity contribution is -0.142. The number of carbonyl (C=O) groups excluding carboxylic acids is 2. The molecule has 0 fully saturated rings. The third-order valence-electron chi connectivity index (χ3n) is 4.76. The lowest BCUT2D eigenvalue weighted by Crippen LogP contribution is -2.48. The van der Waals surface area contributed by atoms with E-state index in [9.17, 15) is 24.1 Å². The van der Waals surface area contributed by atoms with Gasteiger partial charge in [0.25, 0.3) is 0 Å². The van der Waals surface area contributed by atoms with Gasteiger partial charge in [0.1, 0.15) is 6.04 Å². The molecular formula is C23H44N3O11P. The van der Waals surface area contributed by atoms with Gasteiger partial charge in [0.15, 0.2) is 0 Å². The Balaban J connectivity index is 4.98. The minimum absolute atomic E-state index is 0.0515. The van der Waals surface area contributed by atoms with Gasteiger partial charge in [-0.15, -0.1) is 4.76 Å². The number of hydrogen-bond acceptors (Lipinski definition) is 10. The molecule has 0 amide bonds. The van der Waals surface area contributed by atoms with Crippen molar-refractivity contribution in [2.75, 3.05) is 46.7 Å². The van der Waals surface area contributed by atoms with Crippen molar-refractivity contribution in [2.45, 2.75) is 72.3 Å². The van der Waals surface area contributed by atoms with Crippen molar-refractivity contribution in [3.05, 3.63) is 0 Å². The fraction of sp³-hybridized carbons (Fsp3) is 0.826. The van der Waals surface area contributed by atoms with Crippen molar-refractivity contribution in [3.63, 3.8) is 0 Å². The van der Waals surface area contributed by atoms with E-state index in [0.29, 0.717) is 38.5 Å². The summed E-state index contributed by atoms with van der Waals surface area (Å²) < 4.78 is 47.5. The Labute approximate surface area is 224 Å². The zero-order valence-electron chi connectivity index (χ0n) is 23.1. The van der Waals surface area contributed by atoms with E-state index in [1.54, 1.807) is 13.8 Å². The van der Waals surface area contributed by atoms with Crippen LogP contribution in [0.2, 0.25) is 0 Å². The molecule has 0 aromatic heterocycles. The van der Waals surface area contributed by atoms with E-state index in [0.717, 1.165) is 0 Å². The van der Waals surface area contributed by atoms with Crippen molar-refractivity contribution < 1.29 is 52.1 Å². The van der Waals surface area contributed by atoms with Crippen LogP contribution in [0.5, 0.6) is 0 Å². The quantitative estimate of drug-likeness (QED) is 0.0700. The van der Waals surface area contributed by atoms with E-state index in [4.69, 9.17) is 33.7 Å². The maximum absolute atomic E-state index is 13.3. The summed E-state index contributed by atoms with van der Waals surface area (Å²) in [5, 5.41) is 9.51. The van der Waals surface area contributed by atoms with Crippen molar-refractivity contribution in [1.82, 2.24) is 4.90 Å². The second-order valence-corrected chi connectivity index (χ2v) is 10.2. The molecule has 0 radical (unpaired) electrons. The molecule has 38 heavy (non-hydrogen) atoms. The number of guanidine groups is 1. The molecule has 0 aliphatic heterocycles. The molecule has 3 N–H and O–H groups in total. The average Bonchev–Trinajstić information content (AvgIpc) is 2.85. The number of aliphatic carboxylic acids is 1. The lowest BCUT2D eigenvalue weighted by Gasteiger charge is -2.29. The van der Waals surface area contributed by atoms with Crippen LogP contribution in [0.3, 0.4) is 0 Å². The summed E-state index contributed by atoms with van der Waals surface area (Å²) in [6, 6.07) is -1.01. The van der Waals surface area contributed by atoms with Crippen LogP contribution < -0.4 is 5.73 Å². The molecule has 0 aliphatic carbocycles. The zero-order chi connectivity index (χ0) is 29.0. The molecule has 0 rings (SSSR count). The van der Waals surface area contributed by atoms with E-state index < -0.39 is 32.1 Å². The van der Waals surface area contributed by atoms with Gasteiger partial charge in [0.2, 0.25) is 5.96 Å². The van der Waals surface area contributed by atoms with Gasteiger partial charge in [-0.3, -0.25) is 9.05 Å². The minimum atomic E-state index is -4.13. The first-order valence-corrected chi connectivity index (χ1v) is 14.3. The number of unbranched alkanes of at least 4 members (excludes halogenated alkanes) is 2. The van der Waals surface area contributed by atoms with Crippen LogP contribution in [0.1, 0.15) is 66.2 Å².